The topological polar surface area (TPSA) is 206 Å². The second-order valence-electron chi connectivity index (χ2n) is 17.7. The summed E-state index contributed by atoms with van der Waals surface area (Å²) in [7, 11) is 0. The number of fused-ring (bicyclic) bond motifs is 2. The molecule has 0 radical (unpaired) electrons. The van der Waals surface area contributed by atoms with Gasteiger partial charge in [-0.25, -0.2) is 4.58 Å². The van der Waals surface area contributed by atoms with E-state index in [1.165, 1.54) is 0 Å². The van der Waals surface area contributed by atoms with Crippen LogP contribution in [0.1, 0.15) is 38.8 Å². The summed E-state index contributed by atoms with van der Waals surface area (Å²) in [5.74, 6) is -3.43. The number of thiocarbonyl (C=S) groups is 1. The normalized spacial score (nSPS) is 15.8. The summed E-state index contributed by atoms with van der Waals surface area (Å²) in [5.41, 5.74) is 8.53. The number of aliphatic carboxylic acids is 4. The molecule has 374 valence electrons. The highest BCUT2D eigenvalue weighted by Crippen LogP contribution is 2.42. The first-order chi connectivity index (χ1) is 33.6. The number of benzene rings is 4. The number of hydrogen-bond acceptors (Lipinski definition) is 11. The van der Waals surface area contributed by atoms with Crippen molar-refractivity contribution in [2.75, 3.05) is 114 Å². The second kappa shape index (κ2) is 24.9. The first-order valence-corrected chi connectivity index (χ1v) is 24.4. The van der Waals surface area contributed by atoms with Crippen LogP contribution in [0, 0.1) is 6.92 Å². The molecule has 3 aromatic carbocycles. The molecule has 17 nitrogen and oxygen atoms in total. The number of carbonyl (C=O) groups is 4. The Balaban J connectivity index is 1.22. The Bertz CT molecular complexity index is 2680. The quantitative estimate of drug-likeness (QED) is 0.0367. The SMILES string of the molecule is CCN(CC)c1ccc2c(-c3ccc(NC(=S)Nc4ccc(CC5CN(CC(=O)O)CCN(CC(=O)O)CCN(CC(=O)O)CCN5CC(=O)O)cc4)cc3C)c3ccc(=[N+](CC)CC)cc-3oc2c1. The Hall–Kier alpha value is -6.44. The van der Waals surface area contributed by atoms with Crippen LogP contribution in [-0.4, -0.2) is 173 Å². The van der Waals surface area contributed by atoms with E-state index >= 15 is 0 Å². The lowest BCUT2D eigenvalue weighted by Crippen LogP contribution is -2.53. The average Bonchev–Trinajstić information content (AvgIpc) is 3.30. The summed E-state index contributed by atoms with van der Waals surface area (Å²) in [6, 6.07) is 26.2. The molecule has 0 spiro atoms. The third-order valence-electron chi connectivity index (χ3n) is 13.0. The largest absolute Gasteiger partial charge is 0.480 e. The number of nitrogens with zero attached hydrogens (tertiary/aromatic N) is 6. The van der Waals surface area contributed by atoms with Crippen molar-refractivity contribution >= 4 is 69.2 Å². The number of carboxylic acid groups (broad SMARTS) is 4. The van der Waals surface area contributed by atoms with Crippen LogP contribution in [0.25, 0.3) is 33.4 Å². The van der Waals surface area contributed by atoms with Gasteiger partial charge in [-0.05, 0) is 112 Å². The number of nitrogens with one attached hydrogen (secondary N) is 2. The molecule has 70 heavy (non-hydrogen) atoms. The van der Waals surface area contributed by atoms with Gasteiger partial charge in [-0.15, -0.1) is 0 Å². The van der Waals surface area contributed by atoms with Crippen molar-refractivity contribution < 1.29 is 44.0 Å². The highest BCUT2D eigenvalue weighted by atomic mass is 32.1. The predicted octanol–water partition coefficient (Wildman–Crippen LogP) is 5.45. The van der Waals surface area contributed by atoms with Gasteiger partial charge in [-0.3, -0.25) is 38.8 Å². The molecule has 0 amide bonds. The van der Waals surface area contributed by atoms with E-state index in [2.05, 4.69) is 103 Å². The van der Waals surface area contributed by atoms with E-state index in [1.54, 1.807) is 19.6 Å². The van der Waals surface area contributed by atoms with Crippen molar-refractivity contribution in [1.82, 2.24) is 24.2 Å². The summed E-state index contributed by atoms with van der Waals surface area (Å²) in [4.78, 5) is 56.8. The van der Waals surface area contributed by atoms with Crippen molar-refractivity contribution in [3.63, 3.8) is 0 Å². The van der Waals surface area contributed by atoms with E-state index in [0.717, 1.165) is 87.5 Å². The van der Waals surface area contributed by atoms with Crippen LogP contribution in [0.5, 0.6) is 0 Å². The zero-order valence-corrected chi connectivity index (χ0v) is 41.6. The molecule has 0 bridgehead atoms. The molecule has 1 fully saturated rings. The molecule has 6 rings (SSSR count). The van der Waals surface area contributed by atoms with E-state index in [-0.39, 0.29) is 72.0 Å². The monoisotopic (exact) mass is 979 g/mol. The van der Waals surface area contributed by atoms with Crippen LogP contribution < -0.4 is 25.5 Å². The van der Waals surface area contributed by atoms with Crippen LogP contribution in [-0.2, 0) is 25.6 Å². The lowest BCUT2D eigenvalue weighted by atomic mass is 9.91. The molecule has 6 N–H and O–H groups in total. The molecule has 1 atom stereocenters. The Morgan fingerprint density at radius 1 is 0.671 bits per heavy atom. The number of aryl methyl sites for hydroxylation is 1. The molecule has 0 saturated carbocycles. The summed E-state index contributed by atoms with van der Waals surface area (Å²) in [6.07, 6.45) is 0.351. The fraction of sp³-hybridized carbons (Fsp3) is 0.423. The zero-order chi connectivity index (χ0) is 50.5. The van der Waals surface area contributed by atoms with Gasteiger partial charge in [-0.1, -0.05) is 18.2 Å². The third-order valence-corrected chi connectivity index (χ3v) is 13.2. The minimum absolute atomic E-state index is 0.173. The van der Waals surface area contributed by atoms with Crippen LogP contribution in [0.4, 0.5) is 17.1 Å². The second-order valence-corrected chi connectivity index (χ2v) is 18.1. The lowest BCUT2D eigenvalue weighted by molar-refractivity contribution is -0.142. The maximum absolute atomic E-state index is 12.2. The van der Waals surface area contributed by atoms with Gasteiger partial charge in [-0.2, -0.15) is 0 Å². The fourth-order valence-corrected chi connectivity index (χ4v) is 9.63. The van der Waals surface area contributed by atoms with Crippen LogP contribution in [0.3, 0.4) is 0 Å². The smallest absolute Gasteiger partial charge is 0.317 e. The summed E-state index contributed by atoms with van der Waals surface area (Å²) in [6.45, 7) is 14.4. The standard InChI is InChI=1S/C52H66N8O9S/c1-6-58(7-2)39-15-18-43-45(28-39)69-46-29-40(59(8-3)9-4)16-19-44(46)51(43)42-17-14-38(26-35(42)5)54-52(70)53-37-12-10-36(11-13-37)27-41-30-57(33-49(65)66)23-22-55(31-47(61)62)20-21-56(32-48(63)64)24-25-60(41)34-50(67)68/h10-19,26,28-29,41H,6-9,20-25,27,30-34H2,1-5H3,(H5,53,61,62,63,64,65,66,67,68,70)/p+1. The molecular formula is C52H67N8O9S+. The Morgan fingerprint density at radius 3 is 1.81 bits per heavy atom. The van der Waals surface area contributed by atoms with Crippen molar-refractivity contribution in [2.45, 2.75) is 47.1 Å². The van der Waals surface area contributed by atoms with Gasteiger partial charge < -0.3 is 40.4 Å². The average molecular weight is 980 g/mol. The van der Waals surface area contributed by atoms with E-state index in [1.807, 2.05) is 30.3 Å². The molecular weight excluding hydrogens is 913 g/mol. The number of anilines is 3. The molecule has 18 heteroatoms. The maximum atomic E-state index is 12.2. The van der Waals surface area contributed by atoms with Crippen molar-refractivity contribution in [3.05, 3.63) is 95.3 Å². The number of rotatable bonds is 18. The number of carboxylic acids is 4. The van der Waals surface area contributed by atoms with Gasteiger partial charge in [0.1, 0.15) is 24.4 Å². The van der Waals surface area contributed by atoms with Gasteiger partial charge >= 0.3 is 23.9 Å². The van der Waals surface area contributed by atoms with Gasteiger partial charge in [0.15, 0.2) is 5.11 Å². The van der Waals surface area contributed by atoms with Gasteiger partial charge in [0, 0.05) is 111 Å². The van der Waals surface area contributed by atoms with E-state index in [0.29, 0.717) is 17.2 Å². The minimum atomic E-state index is -1.07. The first-order valence-electron chi connectivity index (χ1n) is 24.0. The summed E-state index contributed by atoms with van der Waals surface area (Å²) < 4.78 is 9.01. The third kappa shape index (κ3) is 14.3. The summed E-state index contributed by atoms with van der Waals surface area (Å²) >= 11 is 5.79. The molecule has 0 aromatic heterocycles. The molecule has 2 aliphatic heterocycles. The Morgan fingerprint density at radius 2 is 1.23 bits per heavy atom. The zero-order valence-electron chi connectivity index (χ0n) is 40.8. The molecule has 1 unspecified atom stereocenters. The van der Waals surface area contributed by atoms with Crippen molar-refractivity contribution in [2.24, 2.45) is 0 Å². The maximum Gasteiger partial charge on any atom is 0.317 e. The Labute approximate surface area is 414 Å². The summed E-state index contributed by atoms with van der Waals surface area (Å²) in [5, 5.41) is 48.1. The molecule has 1 saturated heterocycles. The lowest BCUT2D eigenvalue weighted by Gasteiger charge is -2.37. The van der Waals surface area contributed by atoms with Crippen LogP contribution >= 0.6 is 12.2 Å². The minimum Gasteiger partial charge on any atom is -0.480 e. The molecule has 3 aliphatic rings. The van der Waals surface area contributed by atoms with Crippen LogP contribution in [0.2, 0.25) is 0 Å². The van der Waals surface area contributed by atoms with Gasteiger partial charge in [0.25, 0.3) is 0 Å². The van der Waals surface area contributed by atoms with Crippen LogP contribution in [0.15, 0.2) is 83.3 Å². The van der Waals surface area contributed by atoms with Gasteiger partial charge in [0.2, 0.25) is 5.36 Å². The van der Waals surface area contributed by atoms with Crippen molar-refractivity contribution in [3.8, 4) is 22.5 Å². The van der Waals surface area contributed by atoms with Gasteiger partial charge in [0.05, 0.1) is 32.2 Å². The molecule has 2 heterocycles. The predicted molar refractivity (Wildman–Crippen MR) is 278 cm³/mol. The highest BCUT2D eigenvalue weighted by Gasteiger charge is 2.28. The molecule has 3 aromatic rings. The van der Waals surface area contributed by atoms with E-state index < -0.39 is 29.9 Å². The highest BCUT2D eigenvalue weighted by molar-refractivity contribution is 7.80. The Kier molecular flexibility index (Phi) is 18.8. The first kappa shape index (κ1) is 52.9. The molecule has 1 aliphatic carbocycles. The number of hydrogen-bond donors (Lipinski definition) is 6. The fourth-order valence-electron chi connectivity index (χ4n) is 9.40. The van der Waals surface area contributed by atoms with E-state index in [4.69, 9.17) is 16.6 Å². The van der Waals surface area contributed by atoms with Crippen molar-refractivity contribution in [1.29, 1.82) is 0 Å². The van der Waals surface area contributed by atoms with E-state index in [9.17, 15) is 39.6 Å².